The maximum absolute atomic E-state index is 13.5. The normalized spacial score (nSPS) is 14.4. The number of halogens is 1. The van der Waals surface area contributed by atoms with Crippen molar-refractivity contribution in [2.75, 3.05) is 64.9 Å². The summed E-state index contributed by atoms with van der Waals surface area (Å²) in [6.07, 6.45) is -0.436. The van der Waals surface area contributed by atoms with Gasteiger partial charge in [-0.3, -0.25) is 9.69 Å². The number of hydrogen-bond acceptors (Lipinski definition) is 8. The van der Waals surface area contributed by atoms with Gasteiger partial charge in [0.25, 0.3) is 5.91 Å². The largest absolute Gasteiger partial charge is 0.450 e. The van der Waals surface area contributed by atoms with Crippen molar-refractivity contribution in [3.05, 3.63) is 54.1 Å². The van der Waals surface area contributed by atoms with Crippen molar-refractivity contribution >= 4 is 61.1 Å². The third-order valence-electron chi connectivity index (χ3n) is 6.03. The van der Waals surface area contributed by atoms with Gasteiger partial charge in [0.15, 0.2) is 5.13 Å². The third kappa shape index (κ3) is 6.62. The second kappa shape index (κ2) is 12.9. The van der Waals surface area contributed by atoms with Crippen LogP contribution >= 0.6 is 23.7 Å². The molecule has 38 heavy (non-hydrogen) atoms. The first kappa shape index (κ1) is 29.8. The van der Waals surface area contributed by atoms with E-state index in [1.165, 1.54) is 32.7 Å². The second-order valence-electron chi connectivity index (χ2n) is 8.84. The van der Waals surface area contributed by atoms with E-state index in [9.17, 15) is 18.0 Å². The van der Waals surface area contributed by atoms with Crippen LogP contribution in [0, 0.1) is 0 Å². The Labute approximate surface area is 233 Å². The van der Waals surface area contributed by atoms with E-state index in [4.69, 9.17) is 4.74 Å². The lowest BCUT2D eigenvalue weighted by Gasteiger charge is -2.33. The van der Waals surface area contributed by atoms with E-state index in [1.807, 2.05) is 43.3 Å². The number of amides is 2. The highest BCUT2D eigenvalue weighted by molar-refractivity contribution is 7.89. The lowest BCUT2D eigenvalue weighted by atomic mass is 10.2. The summed E-state index contributed by atoms with van der Waals surface area (Å²) in [4.78, 5) is 35.3. The Morgan fingerprint density at radius 2 is 1.66 bits per heavy atom. The lowest BCUT2D eigenvalue weighted by Crippen LogP contribution is -2.50. The van der Waals surface area contributed by atoms with Gasteiger partial charge < -0.3 is 14.5 Å². The van der Waals surface area contributed by atoms with Crippen LogP contribution in [0.5, 0.6) is 0 Å². The molecule has 0 atom stereocenters. The van der Waals surface area contributed by atoms with Crippen molar-refractivity contribution in [3.8, 4) is 0 Å². The number of carbonyl (C=O) groups is 2. The SMILES string of the molecule is CCOC(=O)N1CCN(S(=O)(=O)c2ccc(C(=O)N(CCN(C)C)c3nc4ccccc4s3)cc2)CC1.Cl. The van der Waals surface area contributed by atoms with E-state index >= 15 is 0 Å². The number of ether oxygens (including phenoxy) is 1. The van der Waals surface area contributed by atoms with E-state index in [1.54, 1.807) is 24.0 Å². The summed E-state index contributed by atoms with van der Waals surface area (Å²) in [7, 11) is 0.111. The molecule has 2 amide bonds. The first-order valence-corrected chi connectivity index (χ1v) is 14.3. The van der Waals surface area contributed by atoms with E-state index in [-0.39, 0.29) is 56.0 Å². The number of likely N-dealkylation sites (N-methyl/N-ethyl adjacent to an activating group) is 1. The summed E-state index contributed by atoms with van der Waals surface area (Å²) in [6.45, 7) is 3.97. The van der Waals surface area contributed by atoms with E-state index in [0.717, 1.165) is 10.2 Å². The number of hydrogen-bond donors (Lipinski definition) is 0. The third-order valence-corrected chi connectivity index (χ3v) is 9.01. The monoisotopic (exact) mass is 581 g/mol. The van der Waals surface area contributed by atoms with Gasteiger partial charge in [-0.15, -0.1) is 12.4 Å². The smallest absolute Gasteiger partial charge is 0.409 e. The zero-order valence-corrected chi connectivity index (χ0v) is 24.0. The molecule has 1 aliphatic heterocycles. The van der Waals surface area contributed by atoms with Crippen LogP contribution in [-0.4, -0.2) is 99.5 Å². The van der Waals surface area contributed by atoms with Crippen molar-refractivity contribution in [1.82, 2.24) is 19.1 Å². The molecular formula is C25H32ClN5O5S2. The number of nitrogens with zero attached hydrogens (tertiary/aromatic N) is 5. The molecular weight excluding hydrogens is 550 g/mol. The Kier molecular flexibility index (Phi) is 10.1. The minimum absolute atomic E-state index is 0. The van der Waals surface area contributed by atoms with Crippen LogP contribution < -0.4 is 4.90 Å². The summed E-state index contributed by atoms with van der Waals surface area (Å²) in [5, 5.41) is 0.601. The van der Waals surface area contributed by atoms with Crippen LogP contribution in [0.1, 0.15) is 17.3 Å². The molecule has 13 heteroatoms. The van der Waals surface area contributed by atoms with Crippen LogP contribution in [0.4, 0.5) is 9.93 Å². The topological polar surface area (TPSA) is 103 Å². The number of sulfonamides is 1. The number of fused-ring (bicyclic) bond motifs is 1. The molecule has 1 saturated heterocycles. The van der Waals surface area contributed by atoms with Crippen LogP contribution in [0.2, 0.25) is 0 Å². The summed E-state index contributed by atoms with van der Waals surface area (Å²) in [5.74, 6) is -0.243. The molecule has 4 rings (SSSR count). The molecule has 0 aliphatic carbocycles. The van der Waals surface area contributed by atoms with E-state index in [2.05, 4.69) is 4.98 Å². The molecule has 0 radical (unpaired) electrons. The van der Waals surface area contributed by atoms with Crippen LogP contribution in [0.15, 0.2) is 53.4 Å². The first-order valence-electron chi connectivity index (χ1n) is 12.0. The van der Waals surface area contributed by atoms with Crippen LogP contribution in [-0.2, 0) is 14.8 Å². The number of anilines is 1. The second-order valence-corrected chi connectivity index (χ2v) is 11.8. The molecule has 10 nitrogen and oxygen atoms in total. The average Bonchev–Trinajstić information content (AvgIpc) is 3.32. The molecule has 3 aromatic rings. The summed E-state index contributed by atoms with van der Waals surface area (Å²) < 4.78 is 33.7. The fourth-order valence-electron chi connectivity index (χ4n) is 3.96. The number of thiazole rings is 1. The highest BCUT2D eigenvalue weighted by Crippen LogP contribution is 2.30. The first-order chi connectivity index (χ1) is 17.7. The fraction of sp³-hybridized carbons (Fsp3) is 0.400. The van der Waals surface area contributed by atoms with Crippen molar-refractivity contribution in [2.24, 2.45) is 0 Å². The van der Waals surface area contributed by atoms with Gasteiger partial charge >= 0.3 is 6.09 Å². The quantitative estimate of drug-likeness (QED) is 0.402. The number of carbonyl (C=O) groups excluding carboxylic acids is 2. The minimum Gasteiger partial charge on any atom is -0.450 e. The highest BCUT2D eigenvalue weighted by atomic mass is 35.5. The van der Waals surface area contributed by atoms with Gasteiger partial charge in [-0.05, 0) is 57.4 Å². The molecule has 2 heterocycles. The zero-order valence-electron chi connectivity index (χ0n) is 21.6. The standard InChI is InChI=1S/C25H31N5O5S2.ClH/c1-4-35-25(32)28-14-16-29(17-15-28)37(33,34)20-11-9-19(10-12-20)23(31)30(18-13-27(2)3)24-26-21-7-5-6-8-22(21)36-24;/h5-12H,4,13-18H2,1-3H3;1H. The Morgan fingerprint density at radius 1 is 1.00 bits per heavy atom. The molecule has 0 spiro atoms. The van der Waals surface area contributed by atoms with Crippen molar-refractivity contribution in [1.29, 1.82) is 0 Å². The van der Waals surface area contributed by atoms with Gasteiger partial charge in [-0.25, -0.2) is 18.2 Å². The number of piperazine rings is 1. The van der Waals surface area contributed by atoms with E-state index in [0.29, 0.717) is 23.8 Å². The van der Waals surface area contributed by atoms with E-state index < -0.39 is 16.1 Å². The van der Waals surface area contributed by atoms with Gasteiger partial charge in [-0.2, -0.15) is 4.31 Å². The summed E-state index contributed by atoms with van der Waals surface area (Å²) in [5.41, 5.74) is 1.21. The van der Waals surface area contributed by atoms with Crippen molar-refractivity contribution < 1.29 is 22.7 Å². The van der Waals surface area contributed by atoms with Gasteiger partial charge in [0, 0.05) is 44.8 Å². The van der Waals surface area contributed by atoms with Gasteiger partial charge in [0.05, 0.1) is 21.7 Å². The van der Waals surface area contributed by atoms with Crippen molar-refractivity contribution in [2.45, 2.75) is 11.8 Å². The Bertz CT molecular complexity index is 1320. The number of rotatable bonds is 8. The van der Waals surface area contributed by atoms with Crippen LogP contribution in [0.25, 0.3) is 10.2 Å². The van der Waals surface area contributed by atoms with Gasteiger partial charge in [-0.1, -0.05) is 23.5 Å². The fourth-order valence-corrected chi connectivity index (χ4v) is 6.37. The Morgan fingerprint density at radius 3 is 2.26 bits per heavy atom. The van der Waals surface area contributed by atoms with Crippen molar-refractivity contribution in [3.63, 3.8) is 0 Å². The number of aromatic nitrogens is 1. The molecule has 0 N–H and O–H groups in total. The Hall–Kier alpha value is -2.77. The van der Waals surface area contributed by atoms with Gasteiger partial charge in [0.1, 0.15) is 0 Å². The molecule has 206 valence electrons. The molecule has 2 aromatic carbocycles. The predicted molar refractivity (Wildman–Crippen MR) is 151 cm³/mol. The Balaban J connectivity index is 0.00000400. The molecule has 0 unspecified atom stereocenters. The zero-order chi connectivity index (χ0) is 26.6. The molecule has 1 aliphatic rings. The minimum atomic E-state index is -3.76. The van der Waals surface area contributed by atoms with Gasteiger partial charge in [0.2, 0.25) is 10.0 Å². The maximum Gasteiger partial charge on any atom is 0.409 e. The average molecular weight is 582 g/mol. The number of benzene rings is 2. The molecule has 1 aromatic heterocycles. The maximum atomic E-state index is 13.5. The number of para-hydroxylation sites is 1. The van der Waals surface area contributed by atoms with Crippen LogP contribution in [0.3, 0.4) is 0 Å². The lowest BCUT2D eigenvalue weighted by molar-refractivity contribution is 0.0933. The molecule has 0 saturated carbocycles. The summed E-state index contributed by atoms with van der Waals surface area (Å²) >= 11 is 1.45. The molecule has 0 bridgehead atoms. The highest BCUT2D eigenvalue weighted by Gasteiger charge is 2.31. The predicted octanol–water partition coefficient (Wildman–Crippen LogP) is 3.39. The molecule has 1 fully saturated rings. The summed E-state index contributed by atoms with van der Waals surface area (Å²) in [6, 6.07) is 13.7.